The number of carboxylic acids is 1. The summed E-state index contributed by atoms with van der Waals surface area (Å²) in [4.78, 5) is 23.7. The van der Waals surface area contributed by atoms with Crippen LogP contribution in [0.5, 0.6) is 0 Å². The fourth-order valence-electron chi connectivity index (χ4n) is 7.45. The average molecular weight is 333 g/mol. The molecule has 1 heterocycles. The van der Waals surface area contributed by atoms with Crippen molar-refractivity contribution in [1.82, 2.24) is 5.32 Å². The second-order valence-corrected chi connectivity index (χ2v) is 9.64. The zero-order valence-corrected chi connectivity index (χ0v) is 15.2. The number of hydrogen-bond acceptors (Lipinski definition) is 2. The Bertz CT molecular complexity index is 575. The number of hydrogen-bond donors (Lipinski definition) is 2. The molecule has 4 heteroatoms. The van der Waals surface area contributed by atoms with E-state index in [9.17, 15) is 14.7 Å². The van der Waals surface area contributed by atoms with E-state index in [1.54, 1.807) is 0 Å². The fourth-order valence-corrected chi connectivity index (χ4v) is 7.45. The highest BCUT2D eigenvalue weighted by molar-refractivity contribution is 5.77. The first-order chi connectivity index (χ1) is 11.3. The van der Waals surface area contributed by atoms with Gasteiger partial charge in [-0.25, -0.2) is 0 Å². The molecule has 4 fully saturated rings. The Morgan fingerprint density at radius 3 is 2.54 bits per heavy atom. The van der Waals surface area contributed by atoms with E-state index in [0.717, 1.165) is 38.5 Å². The van der Waals surface area contributed by atoms with E-state index in [1.807, 2.05) is 0 Å². The monoisotopic (exact) mass is 333 g/mol. The van der Waals surface area contributed by atoms with E-state index in [0.29, 0.717) is 36.1 Å². The van der Waals surface area contributed by atoms with Gasteiger partial charge in [0.15, 0.2) is 0 Å². The van der Waals surface area contributed by atoms with Gasteiger partial charge in [0.05, 0.1) is 5.92 Å². The predicted octanol–water partition coefficient (Wildman–Crippen LogP) is 3.45. The Labute approximate surface area is 144 Å². The van der Waals surface area contributed by atoms with Crippen LogP contribution in [0.4, 0.5) is 0 Å². The molecule has 0 radical (unpaired) electrons. The van der Waals surface area contributed by atoms with Gasteiger partial charge < -0.3 is 10.4 Å². The number of carbonyl (C=O) groups excluding carboxylic acids is 1. The van der Waals surface area contributed by atoms with E-state index >= 15 is 0 Å². The number of amides is 1. The molecule has 4 rings (SSSR count). The molecule has 0 aromatic rings. The van der Waals surface area contributed by atoms with E-state index in [-0.39, 0.29) is 22.7 Å². The minimum atomic E-state index is -0.587. The molecule has 0 bridgehead atoms. The highest BCUT2D eigenvalue weighted by atomic mass is 16.4. The standard InChI is InChI=1S/C20H31NO3/c1-11-10-15-20(3,9-7-16(22)21-15)13-6-8-19(2)12(17(11)13)4-5-14(19)18(23)24/h11-15,17H,4-10H2,1-3H3,(H,21,22)(H,23,24)/t11?,12?,13?,14-,15?,17?,19?,20?/m1/s1. The van der Waals surface area contributed by atoms with Gasteiger partial charge >= 0.3 is 5.97 Å². The molecule has 4 aliphatic rings. The van der Waals surface area contributed by atoms with E-state index in [1.165, 1.54) is 0 Å². The van der Waals surface area contributed by atoms with Crippen LogP contribution in [0.15, 0.2) is 0 Å². The van der Waals surface area contributed by atoms with Crippen molar-refractivity contribution in [3.63, 3.8) is 0 Å². The number of rotatable bonds is 1. The lowest BCUT2D eigenvalue weighted by molar-refractivity contribution is -0.156. The van der Waals surface area contributed by atoms with Gasteiger partial charge in [-0.15, -0.1) is 0 Å². The largest absolute Gasteiger partial charge is 0.481 e. The minimum absolute atomic E-state index is 0.0254. The molecular formula is C20H31NO3. The Morgan fingerprint density at radius 2 is 1.83 bits per heavy atom. The molecule has 1 amide bonds. The van der Waals surface area contributed by atoms with E-state index in [2.05, 4.69) is 26.1 Å². The first-order valence-corrected chi connectivity index (χ1v) is 9.79. The summed E-state index contributed by atoms with van der Waals surface area (Å²) in [6, 6.07) is 0.316. The van der Waals surface area contributed by atoms with Gasteiger partial charge in [0.25, 0.3) is 0 Å². The first-order valence-electron chi connectivity index (χ1n) is 9.79. The lowest BCUT2D eigenvalue weighted by atomic mass is 9.45. The van der Waals surface area contributed by atoms with Crippen molar-refractivity contribution >= 4 is 11.9 Å². The topological polar surface area (TPSA) is 66.4 Å². The molecule has 2 N–H and O–H groups in total. The summed E-state index contributed by atoms with van der Waals surface area (Å²) >= 11 is 0. The van der Waals surface area contributed by atoms with Gasteiger partial charge in [-0.2, -0.15) is 0 Å². The van der Waals surface area contributed by atoms with E-state index in [4.69, 9.17) is 0 Å². The van der Waals surface area contributed by atoms with Crippen molar-refractivity contribution in [3.05, 3.63) is 0 Å². The van der Waals surface area contributed by atoms with Gasteiger partial charge in [-0.1, -0.05) is 20.8 Å². The molecule has 0 aromatic heterocycles. The molecule has 1 saturated heterocycles. The van der Waals surface area contributed by atoms with Gasteiger partial charge in [0.1, 0.15) is 0 Å². The third kappa shape index (κ3) is 2.04. The van der Waals surface area contributed by atoms with Crippen LogP contribution in [0.25, 0.3) is 0 Å². The average Bonchev–Trinajstić information content (AvgIpc) is 2.86. The smallest absolute Gasteiger partial charge is 0.307 e. The number of nitrogens with one attached hydrogen (secondary N) is 1. The van der Waals surface area contributed by atoms with Crippen LogP contribution in [-0.2, 0) is 9.59 Å². The van der Waals surface area contributed by atoms with Crippen molar-refractivity contribution in [2.24, 2.45) is 40.4 Å². The SMILES string of the molecule is CC1CC2NC(=O)CCC2(C)C2CCC3(C)C(CC[C@@H]3C(=O)O)C12. The summed E-state index contributed by atoms with van der Waals surface area (Å²) < 4.78 is 0. The number of carboxylic acid groups (broad SMARTS) is 1. The molecule has 3 saturated carbocycles. The van der Waals surface area contributed by atoms with E-state index < -0.39 is 5.97 Å². The summed E-state index contributed by atoms with van der Waals surface area (Å²) in [5, 5.41) is 13.0. The normalized spacial score (nSPS) is 53.5. The molecule has 0 aromatic carbocycles. The summed E-state index contributed by atoms with van der Waals surface area (Å²) in [6.07, 6.45) is 6.82. The molecule has 24 heavy (non-hydrogen) atoms. The molecule has 134 valence electrons. The molecule has 0 spiro atoms. The van der Waals surface area contributed by atoms with Crippen molar-refractivity contribution in [1.29, 1.82) is 0 Å². The zero-order valence-electron chi connectivity index (χ0n) is 15.2. The molecular weight excluding hydrogens is 302 g/mol. The molecule has 4 nitrogen and oxygen atoms in total. The number of carbonyl (C=O) groups is 2. The minimum Gasteiger partial charge on any atom is -0.481 e. The Kier molecular flexibility index (Phi) is 3.57. The van der Waals surface area contributed by atoms with Crippen LogP contribution in [0.1, 0.15) is 65.7 Å². The van der Waals surface area contributed by atoms with Crippen molar-refractivity contribution in [3.8, 4) is 0 Å². The van der Waals surface area contributed by atoms with Crippen LogP contribution in [0.3, 0.4) is 0 Å². The van der Waals surface area contributed by atoms with Crippen molar-refractivity contribution in [2.45, 2.75) is 71.8 Å². The second kappa shape index (κ2) is 5.22. The fraction of sp³-hybridized carbons (Fsp3) is 0.900. The summed E-state index contributed by atoms with van der Waals surface area (Å²) in [5.74, 6) is 1.85. The quantitative estimate of drug-likeness (QED) is 0.772. The Morgan fingerprint density at radius 1 is 1.12 bits per heavy atom. The number of aliphatic carboxylic acids is 1. The predicted molar refractivity (Wildman–Crippen MR) is 91.2 cm³/mol. The van der Waals surface area contributed by atoms with Crippen LogP contribution in [0, 0.1) is 40.4 Å². The highest BCUT2D eigenvalue weighted by Crippen LogP contribution is 2.66. The molecule has 7 unspecified atom stereocenters. The van der Waals surface area contributed by atoms with Gasteiger partial charge in [0.2, 0.25) is 5.91 Å². The molecule has 8 atom stereocenters. The van der Waals surface area contributed by atoms with Crippen LogP contribution in [0.2, 0.25) is 0 Å². The first kappa shape index (κ1) is 16.4. The third-order valence-electron chi connectivity index (χ3n) is 8.76. The van der Waals surface area contributed by atoms with Gasteiger partial charge in [0, 0.05) is 12.5 Å². The highest BCUT2D eigenvalue weighted by Gasteiger charge is 2.63. The van der Waals surface area contributed by atoms with Crippen LogP contribution in [-0.4, -0.2) is 23.0 Å². The summed E-state index contributed by atoms with van der Waals surface area (Å²) in [7, 11) is 0. The maximum Gasteiger partial charge on any atom is 0.307 e. The summed E-state index contributed by atoms with van der Waals surface area (Å²) in [5.41, 5.74) is 0.177. The molecule has 3 aliphatic carbocycles. The Balaban J connectivity index is 1.67. The second-order valence-electron chi connectivity index (χ2n) is 9.64. The zero-order chi connectivity index (χ0) is 17.3. The van der Waals surface area contributed by atoms with Crippen LogP contribution >= 0.6 is 0 Å². The van der Waals surface area contributed by atoms with Crippen molar-refractivity contribution in [2.75, 3.05) is 0 Å². The number of piperidine rings is 1. The number of fused-ring (bicyclic) bond motifs is 5. The Hall–Kier alpha value is -1.06. The van der Waals surface area contributed by atoms with Gasteiger partial charge in [-0.3, -0.25) is 9.59 Å². The maximum atomic E-state index is 11.9. The lowest BCUT2D eigenvalue weighted by Crippen LogP contribution is -2.63. The van der Waals surface area contributed by atoms with Gasteiger partial charge in [-0.05, 0) is 73.0 Å². The maximum absolute atomic E-state index is 11.9. The van der Waals surface area contributed by atoms with Crippen molar-refractivity contribution < 1.29 is 14.7 Å². The van der Waals surface area contributed by atoms with Crippen LogP contribution < -0.4 is 5.32 Å². The third-order valence-corrected chi connectivity index (χ3v) is 8.76. The molecule has 1 aliphatic heterocycles. The lowest BCUT2D eigenvalue weighted by Gasteiger charge is -2.62. The summed E-state index contributed by atoms with van der Waals surface area (Å²) in [6.45, 7) is 6.99.